The molecule has 2 amide bonds. The van der Waals surface area contributed by atoms with Gasteiger partial charge >= 0.3 is 5.97 Å². The molecule has 0 spiro atoms. The smallest absolute Gasteiger partial charge is 0.335 e. The number of amides is 2. The van der Waals surface area contributed by atoms with Gasteiger partial charge in [-0.2, -0.15) is 0 Å². The van der Waals surface area contributed by atoms with E-state index in [2.05, 4.69) is 32.9 Å². The van der Waals surface area contributed by atoms with E-state index in [9.17, 15) is 14.4 Å². The predicted molar refractivity (Wildman–Crippen MR) is 122 cm³/mol. The number of carbonyl (C=O) groups excluding carboxylic acids is 2. The molecule has 0 saturated carbocycles. The predicted octanol–water partition coefficient (Wildman–Crippen LogP) is 3.97. The Hall–Kier alpha value is -2.40. The SMILES string of the molecule is CCN1C(=O)CC(C(=O)Nc2ccc(C(=O)O)cc2)SC1=Nc1ccc(I)cc1. The Bertz CT molecular complexity index is 961. The Labute approximate surface area is 185 Å². The van der Waals surface area contributed by atoms with Crippen molar-refractivity contribution in [2.24, 2.45) is 4.99 Å². The molecule has 2 aromatic rings. The molecule has 1 atom stereocenters. The van der Waals surface area contributed by atoms with Crippen LogP contribution in [0.3, 0.4) is 0 Å². The third kappa shape index (κ3) is 5.36. The van der Waals surface area contributed by atoms with E-state index in [1.165, 1.54) is 36.0 Å². The fourth-order valence-electron chi connectivity index (χ4n) is 2.70. The number of anilines is 1. The molecular formula is C20H18IN3O4S. The van der Waals surface area contributed by atoms with Crippen molar-refractivity contribution in [1.82, 2.24) is 4.90 Å². The standard InChI is InChI=1S/C20H18IN3O4S/c1-2-24-17(25)11-16(29-20(24)23-15-9-5-13(21)6-10-15)18(26)22-14-7-3-12(4-8-14)19(27)28/h3-10,16H,2,11H2,1H3,(H,22,26)(H,27,28). The first kappa shape index (κ1) is 21.3. The number of carboxylic acids is 1. The summed E-state index contributed by atoms with van der Waals surface area (Å²) in [5.41, 5.74) is 1.32. The molecule has 2 N–H and O–H groups in total. The van der Waals surface area contributed by atoms with E-state index in [4.69, 9.17) is 5.11 Å². The summed E-state index contributed by atoms with van der Waals surface area (Å²) in [5, 5.41) is 11.6. The van der Waals surface area contributed by atoms with Gasteiger partial charge in [-0.25, -0.2) is 9.79 Å². The topological polar surface area (TPSA) is 99.1 Å². The normalized spacial score (nSPS) is 18.0. The molecule has 7 nitrogen and oxygen atoms in total. The summed E-state index contributed by atoms with van der Waals surface area (Å²) in [6.45, 7) is 2.34. The van der Waals surface area contributed by atoms with Gasteiger partial charge < -0.3 is 10.4 Å². The molecule has 1 saturated heterocycles. The zero-order valence-electron chi connectivity index (χ0n) is 15.5. The van der Waals surface area contributed by atoms with E-state index >= 15 is 0 Å². The lowest BCUT2D eigenvalue weighted by Gasteiger charge is -2.30. The van der Waals surface area contributed by atoms with Gasteiger partial charge in [0.1, 0.15) is 5.25 Å². The maximum absolute atomic E-state index is 12.7. The molecule has 1 aliphatic heterocycles. The van der Waals surface area contributed by atoms with Crippen LogP contribution < -0.4 is 5.32 Å². The lowest BCUT2D eigenvalue weighted by Crippen LogP contribution is -2.45. The first-order chi connectivity index (χ1) is 13.9. The van der Waals surface area contributed by atoms with Gasteiger partial charge in [0.25, 0.3) is 0 Å². The summed E-state index contributed by atoms with van der Waals surface area (Å²) in [7, 11) is 0. The van der Waals surface area contributed by atoms with Crippen LogP contribution in [0.25, 0.3) is 0 Å². The highest BCUT2D eigenvalue weighted by molar-refractivity contribution is 14.1. The quantitative estimate of drug-likeness (QED) is 0.578. The molecule has 1 aliphatic rings. The summed E-state index contributed by atoms with van der Waals surface area (Å²) in [5.74, 6) is -1.51. The second kappa shape index (κ2) is 9.40. The third-order valence-corrected chi connectivity index (χ3v) is 6.11. The highest BCUT2D eigenvalue weighted by Crippen LogP contribution is 2.30. The minimum atomic E-state index is -1.03. The number of rotatable bonds is 5. The Kier molecular flexibility index (Phi) is 6.91. The average molecular weight is 523 g/mol. The highest BCUT2D eigenvalue weighted by atomic mass is 127. The minimum absolute atomic E-state index is 0.0727. The molecule has 1 fully saturated rings. The highest BCUT2D eigenvalue weighted by Gasteiger charge is 2.35. The maximum atomic E-state index is 12.7. The number of halogens is 1. The molecule has 1 unspecified atom stereocenters. The molecule has 1 heterocycles. The van der Waals surface area contributed by atoms with Crippen LogP contribution in [0, 0.1) is 3.57 Å². The molecule has 150 valence electrons. The summed E-state index contributed by atoms with van der Waals surface area (Å²) in [6, 6.07) is 13.5. The number of amidine groups is 1. The number of carboxylic acid groups (broad SMARTS) is 1. The summed E-state index contributed by atoms with van der Waals surface area (Å²) < 4.78 is 1.08. The minimum Gasteiger partial charge on any atom is -0.478 e. The first-order valence-corrected chi connectivity index (χ1v) is 10.8. The zero-order chi connectivity index (χ0) is 21.0. The molecule has 0 bridgehead atoms. The molecule has 0 aromatic heterocycles. The van der Waals surface area contributed by atoms with Crippen LogP contribution in [-0.2, 0) is 9.59 Å². The number of aliphatic imine (C=N–C) groups is 1. The van der Waals surface area contributed by atoms with E-state index in [-0.39, 0.29) is 23.8 Å². The van der Waals surface area contributed by atoms with Crippen LogP contribution in [0.2, 0.25) is 0 Å². The molecule has 9 heteroatoms. The van der Waals surface area contributed by atoms with Gasteiger partial charge in [-0.3, -0.25) is 14.5 Å². The van der Waals surface area contributed by atoms with Crippen LogP contribution in [0.1, 0.15) is 23.7 Å². The summed E-state index contributed by atoms with van der Waals surface area (Å²) in [6.07, 6.45) is 0.0727. The fourth-order valence-corrected chi connectivity index (χ4v) is 4.22. The van der Waals surface area contributed by atoms with Crippen molar-refractivity contribution in [3.05, 3.63) is 57.7 Å². The van der Waals surface area contributed by atoms with Crippen molar-refractivity contribution < 1.29 is 19.5 Å². The number of hydrogen-bond acceptors (Lipinski definition) is 5. The molecule has 3 rings (SSSR count). The summed E-state index contributed by atoms with van der Waals surface area (Å²) >= 11 is 3.46. The van der Waals surface area contributed by atoms with Gasteiger partial charge in [0.2, 0.25) is 11.8 Å². The second-order valence-electron chi connectivity index (χ2n) is 6.19. The number of benzene rings is 2. The van der Waals surface area contributed by atoms with Crippen LogP contribution in [0.15, 0.2) is 53.5 Å². The van der Waals surface area contributed by atoms with E-state index in [0.29, 0.717) is 23.1 Å². The average Bonchev–Trinajstić information content (AvgIpc) is 2.70. The summed E-state index contributed by atoms with van der Waals surface area (Å²) in [4.78, 5) is 42.3. The van der Waals surface area contributed by atoms with E-state index in [0.717, 1.165) is 3.57 Å². The van der Waals surface area contributed by atoms with Crippen molar-refractivity contribution in [2.75, 3.05) is 11.9 Å². The molecule has 2 aromatic carbocycles. The van der Waals surface area contributed by atoms with Crippen LogP contribution in [0.5, 0.6) is 0 Å². The first-order valence-electron chi connectivity index (χ1n) is 8.83. The van der Waals surface area contributed by atoms with Crippen molar-refractivity contribution in [3.63, 3.8) is 0 Å². The van der Waals surface area contributed by atoms with Crippen LogP contribution in [0.4, 0.5) is 11.4 Å². The monoisotopic (exact) mass is 523 g/mol. The number of aromatic carboxylic acids is 1. The Morgan fingerprint density at radius 3 is 2.45 bits per heavy atom. The molecular weight excluding hydrogens is 505 g/mol. The van der Waals surface area contributed by atoms with Gasteiger partial charge in [0, 0.05) is 22.2 Å². The Balaban J connectivity index is 1.77. The van der Waals surface area contributed by atoms with Gasteiger partial charge in [-0.05, 0) is 78.0 Å². The van der Waals surface area contributed by atoms with E-state index in [1.54, 1.807) is 4.90 Å². The van der Waals surface area contributed by atoms with Crippen molar-refractivity contribution in [3.8, 4) is 0 Å². The number of hydrogen-bond donors (Lipinski definition) is 2. The number of nitrogens with zero attached hydrogens (tertiary/aromatic N) is 2. The lowest BCUT2D eigenvalue weighted by molar-refractivity contribution is -0.129. The maximum Gasteiger partial charge on any atom is 0.335 e. The van der Waals surface area contributed by atoms with Crippen molar-refractivity contribution in [1.29, 1.82) is 0 Å². The van der Waals surface area contributed by atoms with Crippen molar-refractivity contribution >= 4 is 68.7 Å². The Morgan fingerprint density at radius 1 is 1.21 bits per heavy atom. The van der Waals surface area contributed by atoms with E-state index in [1.807, 2.05) is 31.2 Å². The van der Waals surface area contributed by atoms with Gasteiger partial charge in [-0.1, -0.05) is 11.8 Å². The Morgan fingerprint density at radius 2 is 1.86 bits per heavy atom. The van der Waals surface area contributed by atoms with E-state index < -0.39 is 11.2 Å². The van der Waals surface area contributed by atoms with Gasteiger partial charge in [0.15, 0.2) is 5.17 Å². The number of thioether (sulfide) groups is 1. The van der Waals surface area contributed by atoms with Crippen LogP contribution in [-0.4, -0.2) is 44.8 Å². The van der Waals surface area contributed by atoms with Crippen molar-refractivity contribution in [2.45, 2.75) is 18.6 Å². The second-order valence-corrected chi connectivity index (χ2v) is 8.61. The largest absolute Gasteiger partial charge is 0.478 e. The molecule has 0 aliphatic carbocycles. The van der Waals surface area contributed by atoms with Gasteiger partial charge in [0.05, 0.1) is 11.3 Å². The third-order valence-electron chi connectivity index (χ3n) is 4.20. The fraction of sp³-hybridized carbons (Fsp3) is 0.200. The van der Waals surface area contributed by atoms with Crippen LogP contribution >= 0.6 is 34.4 Å². The molecule has 0 radical (unpaired) electrons. The van der Waals surface area contributed by atoms with Gasteiger partial charge in [-0.15, -0.1) is 0 Å². The molecule has 29 heavy (non-hydrogen) atoms. The number of nitrogens with one attached hydrogen (secondary N) is 1. The zero-order valence-corrected chi connectivity index (χ0v) is 18.4. The lowest BCUT2D eigenvalue weighted by atomic mass is 10.2. The number of carbonyl (C=O) groups is 3.